The highest BCUT2D eigenvalue weighted by atomic mass is 32.2. The number of carbonyl (C=O) groups is 1. The monoisotopic (exact) mass is 641 g/mol. The van der Waals surface area contributed by atoms with Crippen molar-refractivity contribution in [2.24, 2.45) is 5.14 Å². The van der Waals surface area contributed by atoms with Crippen LogP contribution in [0.5, 0.6) is 5.75 Å². The van der Waals surface area contributed by atoms with Crippen LogP contribution in [0.3, 0.4) is 0 Å². The van der Waals surface area contributed by atoms with E-state index in [0.29, 0.717) is 12.1 Å². The molecule has 44 heavy (non-hydrogen) atoms. The topological polar surface area (TPSA) is 151 Å². The number of amides is 1. The number of rotatable bonds is 14. The molecule has 0 aliphatic heterocycles. The molecular weight excluding hydrogens is 595 g/mol. The van der Waals surface area contributed by atoms with Crippen LogP contribution >= 0.6 is 0 Å². The SMILES string of the molecule is C[C@H](Cc1cccc(CC(=O)NCc2ccc(S(N)(=O)=O)cc2)c1)NC[C@H](O[Si](C)(C)C(C)(C)C)c1ccc(O)c(CO)c1. The van der Waals surface area contributed by atoms with Crippen LogP contribution in [-0.4, -0.2) is 45.4 Å². The molecule has 0 unspecified atom stereocenters. The average Bonchev–Trinajstić information content (AvgIpc) is 2.94. The largest absolute Gasteiger partial charge is 0.508 e. The van der Waals surface area contributed by atoms with Gasteiger partial charge in [-0.25, -0.2) is 13.6 Å². The Labute approximate surface area is 263 Å². The summed E-state index contributed by atoms with van der Waals surface area (Å²) in [7, 11) is -5.89. The van der Waals surface area contributed by atoms with E-state index < -0.39 is 18.3 Å². The second-order valence-corrected chi connectivity index (χ2v) is 19.2. The van der Waals surface area contributed by atoms with Gasteiger partial charge in [0.15, 0.2) is 8.32 Å². The number of aliphatic hydroxyl groups is 1. The number of carbonyl (C=O) groups excluding carboxylic acids is 1. The van der Waals surface area contributed by atoms with Crippen molar-refractivity contribution in [3.63, 3.8) is 0 Å². The van der Waals surface area contributed by atoms with Gasteiger partial charge < -0.3 is 25.3 Å². The molecule has 2 atom stereocenters. The Morgan fingerprint density at radius 2 is 1.66 bits per heavy atom. The molecule has 6 N–H and O–H groups in total. The van der Waals surface area contributed by atoms with Gasteiger partial charge in [-0.05, 0) is 78.0 Å². The lowest BCUT2D eigenvalue weighted by atomic mass is 10.0. The number of benzene rings is 3. The molecule has 0 spiro atoms. The first kappa shape index (κ1) is 35.4. The van der Waals surface area contributed by atoms with Crippen molar-refractivity contribution in [1.82, 2.24) is 10.6 Å². The number of nitrogens with one attached hydrogen (secondary N) is 2. The summed E-state index contributed by atoms with van der Waals surface area (Å²) in [5.41, 5.74) is 4.15. The second kappa shape index (κ2) is 14.8. The quantitative estimate of drug-likeness (QED) is 0.161. The average molecular weight is 642 g/mol. The molecule has 0 fully saturated rings. The van der Waals surface area contributed by atoms with Gasteiger partial charge in [-0.1, -0.05) is 63.2 Å². The molecule has 0 radical (unpaired) electrons. The molecule has 0 aromatic heterocycles. The Balaban J connectivity index is 1.61. The van der Waals surface area contributed by atoms with Crippen LogP contribution in [0.15, 0.2) is 71.6 Å². The third-order valence-electron chi connectivity index (χ3n) is 8.18. The van der Waals surface area contributed by atoms with Crippen molar-refractivity contribution in [3.05, 3.63) is 94.5 Å². The third kappa shape index (κ3) is 10.3. The van der Waals surface area contributed by atoms with Crippen molar-refractivity contribution >= 4 is 24.2 Å². The highest BCUT2D eigenvalue weighted by molar-refractivity contribution is 7.89. The molecule has 11 heteroatoms. The number of hydrogen-bond acceptors (Lipinski definition) is 7. The van der Waals surface area contributed by atoms with Crippen LogP contribution < -0.4 is 15.8 Å². The van der Waals surface area contributed by atoms with Crippen LogP contribution in [0, 0.1) is 0 Å². The minimum absolute atomic E-state index is 0.0125. The fourth-order valence-electron chi connectivity index (χ4n) is 4.54. The van der Waals surface area contributed by atoms with Crippen molar-refractivity contribution in [2.75, 3.05) is 6.54 Å². The van der Waals surface area contributed by atoms with Crippen molar-refractivity contribution in [1.29, 1.82) is 0 Å². The van der Waals surface area contributed by atoms with Gasteiger partial charge in [0.1, 0.15) is 5.75 Å². The van der Waals surface area contributed by atoms with Crippen molar-refractivity contribution in [2.45, 2.75) is 88.9 Å². The maximum Gasteiger partial charge on any atom is 0.238 e. The predicted octanol–water partition coefficient (Wildman–Crippen LogP) is 4.67. The number of aliphatic hydroxyl groups excluding tert-OH is 1. The molecule has 3 rings (SSSR count). The van der Waals surface area contributed by atoms with E-state index in [9.17, 15) is 23.4 Å². The molecule has 0 aliphatic carbocycles. The van der Waals surface area contributed by atoms with E-state index in [1.165, 1.54) is 12.1 Å². The molecule has 0 saturated heterocycles. The summed E-state index contributed by atoms with van der Waals surface area (Å²) in [6, 6.07) is 19.5. The Morgan fingerprint density at radius 3 is 2.27 bits per heavy atom. The molecule has 3 aromatic rings. The van der Waals surface area contributed by atoms with Crippen LogP contribution in [0.25, 0.3) is 0 Å². The van der Waals surface area contributed by atoms with Crippen molar-refractivity contribution in [3.8, 4) is 5.75 Å². The summed E-state index contributed by atoms with van der Waals surface area (Å²) >= 11 is 0. The lowest BCUT2D eigenvalue weighted by molar-refractivity contribution is -0.120. The van der Waals surface area contributed by atoms with E-state index in [2.05, 4.69) is 51.4 Å². The molecule has 0 aliphatic rings. The summed E-state index contributed by atoms with van der Waals surface area (Å²) in [6.07, 6.45) is 0.715. The highest BCUT2D eigenvalue weighted by Crippen LogP contribution is 2.40. The molecule has 0 saturated carbocycles. The Hall–Kier alpha value is -3.06. The lowest BCUT2D eigenvalue weighted by Crippen LogP contribution is -2.44. The van der Waals surface area contributed by atoms with Gasteiger partial charge in [-0.2, -0.15) is 0 Å². The second-order valence-electron chi connectivity index (χ2n) is 12.9. The van der Waals surface area contributed by atoms with Crippen LogP contribution in [0.1, 0.15) is 61.6 Å². The van der Waals surface area contributed by atoms with Crippen LogP contribution in [-0.2, 0) is 45.2 Å². The van der Waals surface area contributed by atoms with E-state index in [0.717, 1.165) is 28.7 Å². The first-order valence-electron chi connectivity index (χ1n) is 14.8. The molecule has 9 nitrogen and oxygen atoms in total. The van der Waals surface area contributed by atoms with E-state index >= 15 is 0 Å². The lowest BCUT2D eigenvalue weighted by Gasteiger charge is -2.40. The number of sulfonamides is 1. The highest BCUT2D eigenvalue weighted by Gasteiger charge is 2.39. The predicted molar refractivity (Wildman–Crippen MR) is 176 cm³/mol. The fourth-order valence-corrected chi connectivity index (χ4v) is 6.34. The van der Waals surface area contributed by atoms with E-state index in [1.807, 2.05) is 36.4 Å². The molecule has 240 valence electrons. The van der Waals surface area contributed by atoms with Gasteiger partial charge in [0.25, 0.3) is 0 Å². The minimum Gasteiger partial charge on any atom is -0.508 e. The van der Waals surface area contributed by atoms with Crippen LogP contribution in [0.4, 0.5) is 0 Å². The molecule has 1 amide bonds. The summed E-state index contributed by atoms with van der Waals surface area (Å²) in [4.78, 5) is 12.7. The number of hydrogen-bond donors (Lipinski definition) is 5. The van der Waals surface area contributed by atoms with Crippen molar-refractivity contribution < 1.29 is 27.9 Å². The van der Waals surface area contributed by atoms with Gasteiger partial charge in [0.2, 0.25) is 15.9 Å². The summed E-state index contributed by atoms with van der Waals surface area (Å²) in [5, 5.41) is 31.5. The Bertz CT molecular complexity index is 1520. The maximum absolute atomic E-state index is 12.6. The fraction of sp³-hybridized carbons (Fsp3) is 0.424. The Kier molecular flexibility index (Phi) is 11.9. The molecule has 0 heterocycles. The number of nitrogens with two attached hydrogens (primary N) is 1. The standard InChI is InChI=1S/C33H47N3O6SSi/c1-23(35-21-31(42-44(5,6)33(2,3)4)27-12-15-30(38)28(19-27)22-37)16-25-8-7-9-26(17-25)18-32(39)36-20-24-10-13-29(14-11-24)43(34,40)41/h7-15,17,19,23,31,35,37-38H,16,18,20-22H2,1-6H3,(H,36,39)(H2,34,40,41)/t23-,31+/m1/s1. The number of primary sulfonamides is 1. The number of phenols is 1. The smallest absolute Gasteiger partial charge is 0.238 e. The van der Waals surface area contributed by atoms with Gasteiger partial charge in [0, 0.05) is 24.7 Å². The first-order chi connectivity index (χ1) is 20.5. The summed E-state index contributed by atoms with van der Waals surface area (Å²) in [6.45, 7) is 13.7. The summed E-state index contributed by atoms with van der Waals surface area (Å²) in [5.74, 6) is -0.0679. The number of aromatic hydroxyl groups is 1. The zero-order valence-electron chi connectivity index (χ0n) is 26.6. The maximum atomic E-state index is 12.6. The van der Waals surface area contributed by atoms with Gasteiger partial charge >= 0.3 is 0 Å². The third-order valence-corrected chi connectivity index (χ3v) is 13.6. The van der Waals surface area contributed by atoms with Gasteiger partial charge in [0.05, 0.1) is 24.0 Å². The van der Waals surface area contributed by atoms with Gasteiger partial charge in [-0.3, -0.25) is 4.79 Å². The van der Waals surface area contributed by atoms with Crippen LogP contribution in [0.2, 0.25) is 18.1 Å². The zero-order chi connectivity index (χ0) is 32.7. The normalized spacial score (nSPS) is 13.8. The molecular formula is C33H47N3O6SSi. The minimum atomic E-state index is -3.76. The molecule has 0 bridgehead atoms. The summed E-state index contributed by atoms with van der Waals surface area (Å²) < 4.78 is 29.7. The zero-order valence-corrected chi connectivity index (χ0v) is 28.4. The first-order valence-corrected chi connectivity index (χ1v) is 19.2. The van der Waals surface area contributed by atoms with E-state index in [4.69, 9.17) is 9.56 Å². The Morgan fingerprint density at radius 1 is 1.00 bits per heavy atom. The van der Waals surface area contributed by atoms with E-state index in [1.54, 1.807) is 18.2 Å². The molecule has 3 aromatic carbocycles. The van der Waals surface area contributed by atoms with Gasteiger partial charge in [-0.15, -0.1) is 0 Å². The van der Waals surface area contributed by atoms with E-state index in [-0.39, 0.29) is 53.3 Å².